The summed E-state index contributed by atoms with van der Waals surface area (Å²) in [4.78, 5) is 1.39. The van der Waals surface area contributed by atoms with E-state index in [0.717, 1.165) is 6.42 Å². The second kappa shape index (κ2) is 4.68. The molecule has 1 aromatic rings. The van der Waals surface area contributed by atoms with Gasteiger partial charge in [-0.2, -0.15) is 0 Å². The van der Waals surface area contributed by atoms with Crippen LogP contribution in [0.2, 0.25) is 0 Å². The highest BCUT2D eigenvalue weighted by molar-refractivity contribution is 7.11. The highest BCUT2D eigenvalue weighted by atomic mass is 35.5. The Morgan fingerprint density at radius 1 is 1.67 bits per heavy atom. The van der Waals surface area contributed by atoms with Gasteiger partial charge in [0.1, 0.15) is 0 Å². The van der Waals surface area contributed by atoms with Crippen LogP contribution in [-0.4, -0.2) is 5.88 Å². The predicted molar refractivity (Wildman–Crippen MR) is 58.0 cm³/mol. The number of thiophene rings is 1. The van der Waals surface area contributed by atoms with Crippen molar-refractivity contribution in [3.05, 3.63) is 28.0 Å². The summed E-state index contributed by atoms with van der Waals surface area (Å²) in [5, 5.41) is 2.13. The molecule has 0 aliphatic rings. The van der Waals surface area contributed by atoms with Crippen LogP contribution >= 0.6 is 22.9 Å². The second-order valence-corrected chi connectivity index (χ2v) is 4.09. The molecular weight excluding hydrogens is 188 g/mol. The van der Waals surface area contributed by atoms with Crippen molar-refractivity contribution in [1.29, 1.82) is 0 Å². The molecule has 0 aliphatic carbocycles. The quantitative estimate of drug-likeness (QED) is 0.645. The van der Waals surface area contributed by atoms with Crippen molar-refractivity contribution in [3.8, 4) is 0 Å². The summed E-state index contributed by atoms with van der Waals surface area (Å²) in [5.74, 6) is 0.710. The van der Waals surface area contributed by atoms with Gasteiger partial charge in [-0.3, -0.25) is 0 Å². The Kier molecular flexibility index (Phi) is 3.83. The van der Waals surface area contributed by atoms with E-state index in [1.54, 1.807) is 11.3 Å². The Morgan fingerprint density at radius 2 is 2.42 bits per heavy atom. The summed E-state index contributed by atoms with van der Waals surface area (Å²) in [6.45, 7) is 4.29. The van der Waals surface area contributed by atoms with Crippen LogP contribution in [0.1, 0.15) is 23.8 Å². The standard InChI is InChI=1S/C10H13ClS/c1-8(4-3-6-11)10-9(2)5-7-12-10/h4-5,7H,3,6H2,1-2H3. The lowest BCUT2D eigenvalue weighted by atomic mass is 10.1. The van der Waals surface area contributed by atoms with Crippen molar-refractivity contribution in [2.45, 2.75) is 20.3 Å². The average molecular weight is 201 g/mol. The topological polar surface area (TPSA) is 0 Å². The molecule has 0 bridgehead atoms. The number of halogens is 1. The van der Waals surface area contributed by atoms with Crippen molar-refractivity contribution in [2.75, 3.05) is 5.88 Å². The van der Waals surface area contributed by atoms with E-state index in [4.69, 9.17) is 11.6 Å². The van der Waals surface area contributed by atoms with Gasteiger partial charge in [0.05, 0.1) is 0 Å². The molecule has 0 radical (unpaired) electrons. The van der Waals surface area contributed by atoms with E-state index in [-0.39, 0.29) is 0 Å². The first-order chi connectivity index (χ1) is 5.75. The normalized spacial score (nSPS) is 12.1. The molecular formula is C10H13ClS. The van der Waals surface area contributed by atoms with E-state index < -0.39 is 0 Å². The lowest BCUT2D eigenvalue weighted by Gasteiger charge is -1.98. The molecule has 66 valence electrons. The zero-order valence-electron chi connectivity index (χ0n) is 7.43. The number of alkyl halides is 1. The number of hydrogen-bond acceptors (Lipinski definition) is 1. The third-order valence-electron chi connectivity index (χ3n) is 1.78. The Hall–Kier alpha value is -0.270. The molecule has 1 heterocycles. The monoisotopic (exact) mass is 200 g/mol. The van der Waals surface area contributed by atoms with Gasteiger partial charge in [0.15, 0.2) is 0 Å². The van der Waals surface area contributed by atoms with Crippen LogP contribution in [0.4, 0.5) is 0 Å². The molecule has 1 rings (SSSR count). The molecule has 0 saturated carbocycles. The van der Waals surface area contributed by atoms with E-state index in [1.165, 1.54) is 16.0 Å². The van der Waals surface area contributed by atoms with E-state index in [0.29, 0.717) is 5.88 Å². The molecule has 0 amide bonds. The van der Waals surface area contributed by atoms with Crippen LogP contribution in [0.3, 0.4) is 0 Å². The summed E-state index contributed by atoms with van der Waals surface area (Å²) in [7, 11) is 0. The van der Waals surface area contributed by atoms with Crippen LogP contribution in [0, 0.1) is 6.92 Å². The first-order valence-corrected chi connectivity index (χ1v) is 5.44. The van der Waals surface area contributed by atoms with Gasteiger partial charge in [-0.25, -0.2) is 0 Å². The molecule has 0 N–H and O–H groups in total. The van der Waals surface area contributed by atoms with Gasteiger partial charge in [-0.15, -0.1) is 22.9 Å². The highest BCUT2D eigenvalue weighted by Crippen LogP contribution is 2.24. The first-order valence-electron chi connectivity index (χ1n) is 4.03. The largest absolute Gasteiger partial charge is 0.144 e. The smallest absolute Gasteiger partial charge is 0.0325 e. The minimum absolute atomic E-state index is 0.710. The maximum Gasteiger partial charge on any atom is 0.0325 e. The molecule has 12 heavy (non-hydrogen) atoms. The van der Waals surface area contributed by atoms with Crippen LogP contribution < -0.4 is 0 Å². The Bertz CT molecular complexity index is 273. The number of hydrogen-bond donors (Lipinski definition) is 0. The molecule has 0 aliphatic heterocycles. The zero-order chi connectivity index (χ0) is 8.97. The van der Waals surface area contributed by atoms with Crippen LogP contribution in [0.25, 0.3) is 5.57 Å². The number of aryl methyl sites for hydroxylation is 1. The van der Waals surface area contributed by atoms with Gasteiger partial charge in [0.2, 0.25) is 0 Å². The molecule has 0 unspecified atom stereocenters. The summed E-state index contributed by atoms with van der Waals surface area (Å²) < 4.78 is 0. The molecule has 0 nitrogen and oxygen atoms in total. The third-order valence-corrected chi connectivity index (χ3v) is 3.15. The predicted octanol–water partition coefficient (Wildman–Crippen LogP) is 4.09. The highest BCUT2D eigenvalue weighted by Gasteiger charge is 2.00. The van der Waals surface area contributed by atoms with Crippen molar-refractivity contribution in [2.24, 2.45) is 0 Å². The first kappa shape index (κ1) is 9.82. The lowest BCUT2D eigenvalue weighted by Crippen LogP contribution is -1.77. The Balaban J connectivity index is 2.77. The van der Waals surface area contributed by atoms with Crippen molar-refractivity contribution < 1.29 is 0 Å². The fraction of sp³-hybridized carbons (Fsp3) is 0.400. The summed E-state index contributed by atoms with van der Waals surface area (Å²) in [6, 6.07) is 2.15. The van der Waals surface area contributed by atoms with E-state index in [1.807, 2.05) is 0 Å². The maximum atomic E-state index is 5.61. The number of allylic oxidation sites excluding steroid dienone is 2. The Labute approximate surface area is 82.9 Å². The molecule has 0 spiro atoms. The fourth-order valence-electron chi connectivity index (χ4n) is 1.14. The Morgan fingerprint density at radius 3 is 2.92 bits per heavy atom. The van der Waals surface area contributed by atoms with Crippen LogP contribution in [0.5, 0.6) is 0 Å². The minimum atomic E-state index is 0.710. The van der Waals surface area contributed by atoms with Gasteiger partial charge in [0.25, 0.3) is 0 Å². The minimum Gasteiger partial charge on any atom is -0.144 e. The number of rotatable bonds is 3. The van der Waals surface area contributed by atoms with Gasteiger partial charge < -0.3 is 0 Å². The van der Waals surface area contributed by atoms with Gasteiger partial charge in [0, 0.05) is 10.8 Å². The van der Waals surface area contributed by atoms with Crippen LogP contribution in [-0.2, 0) is 0 Å². The molecule has 0 saturated heterocycles. The summed E-state index contributed by atoms with van der Waals surface area (Å²) in [6.07, 6.45) is 3.16. The molecule has 0 fully saturated rings. The second-order valence-electron chi connectivity index (χ2n) is 2.80. The molecule has 1 aromatic heterocycles. The fourth-order valence-corrected chi connectivity index (χ4v) is 2.18. The van der Waals surface area contributed by atoms with E-state index >= 15 is 0 Å². The molecule has 0 atom stereocenters. The maximum absolute atomic E-state index is 5.61. The van der Waals surface area contributed by atoms with Gasteiger partial charge in [-0.1, -0.05) is 6.08 Å². The van der Waals surface area contributed by atoms with E-state index in [2.05, 4.69) is 31.4 Å². The summed E-state index contributed by atoms with van der Waals surface area (Å²) in [5.41, 5.74) is 2.71. The lowest BCUT2D eigenvalue weighted by molar-refractivity contribution is 1.23. The van der Waals surface area contributed by atoms with Crippen molar-refractivity contribution in [3.63, 3.8) is 0 Å². The van der Waals surface area contributed by atoms with Gasteiger partial charge >= 0.3 is 0 Å². The van der Waals surface area contributed by atoms with Gasteiger partial charge in [-0.05, 0) is 42.9 Å². The SMILES string of the molecule is CC(=CCCCl)c1sccc1C. The third kappa shape index (κ3) is 2.36. The van der Waals surface area contributed by atoms with Crippen molar-refractivity contribution >= 4 is 28.5 Å². The zero-order valence-corrected chi connectivity index (χ0v) is 9.00. The average Bonchev–Trinajstić information content (AvgIpc) is 2.47. The molecule has 0 aromatic carbocycles. The summed E-state index contributed by atoms with van der Waals surface area (Å²) >= 11 is 7.40. The van der Waals surface area contributed by atoms with Crippen molar-refractivity contribution in [1.82, 2.24) is 0 Å². The van der Waals surface area contributed by atoms with E-state index in [9.17, 15) is 0 Å². The van der Waals surface area contributed by atoms with Crippen LogP contribution in [0.15, 0.2) is 17.5 Å². The molecule has 2 heteroatoms.